The van der Waals surface area contributed by atoms with Crippen LogP contribution in [-0.2, 0) is 0 Å². The van der Waals surface area contributed by atoms with Crippen molar-refractivity contribution >= 4 is 23.2 Å². The number of ketones is 1. The van der Waals surface area contributed by atoms with Gasteiger partial charge in [-0.15, -0.1) is 0 Å². The summed E-state index contributed by atoms with van der Waals surface area (Å²) in [6.45, 7) is 5.73. The molecule has 134 valence electrons. The SMILES string of the molecule is CCCCN1CCC(CCC(=O)c2cc(Cl)c(N)nc2OC)CC1. The molecule has 1 saturated heterocycles. The molecule has 5 nitrogen and oxygen atoms in total. The molecule has 0 amide bonds. The summed E-state index contributed by atoms with van der Waals surface area (Å²) in [6, 6.07) is 1.57. The maximum atomic E-state index is 12.5. The zero-order valence-corrected chi connectivity index (χ0v) is 15.4. The van der Waals surface area contributed by atoms with Crippen LogP contribution in [0.4, 0.5) is 5.82 Å². The fraction of sp³-hybridized carbons (Fsp3) is 0.667. The van der Waals surface area contributed by atoms with Gasteiger partial charge in [0.15, 0.2) is 5.78 Å². The van der Waals surface area contributed by atoms with Crippen molar-refractivity contribution in [3.05, 3.63) is 16.7 Å². The molecular weight excluding hydrogens is 326 g/mol. The van der Waals surface area contributed by atoms with Crippen molar-refractivity contribution < 1.29 is 9.53 Å². The summed E-state index contributed by atoms with van der Waals surface area (Å²) >= 11 is 5.99. The van der Waals surface area contributed by atoms with Crippen molar-refractivity contribution in [2.24, 2.45) is 5.92 Å². The molecule has 0 aliphatic carbocycles. The van der Waals surface area contributed by atoms with Crippen molar-refractivity contribution in [2.75, 3.05) is 32.5 Å². The summed E-state index contributed by atoms with van der Waals surface area (Å²) < 4.78 is 5.17. The number of nitrogen functional groups attached to an aromatic ring is 1. The molecule has 0 unspecified atom stereocenters. The first kappa shape index (κ1) is 19.0. The number of Topliss-reactive ketones (excluding diaryl/α,β-unsaturated/α-hetero) is 1. The average molecular weight is 354 g/mol. The fourth-order valence-electron chi connectivity index (χ4n) is 3.19. The minimum absolute atomic E-state index is 0.0228. The molecule has 0 saturated carbocycles. The molecule has 1 fully saturated rings. The van der Waals surface area contributed by atoms with Crippen LogP contribution in [0.5, 0.6) is 5.88 Å². The molecule has 2 heterocycles. The molecule has 1 aromatic rings. The van der Waals surface area contributed by atoms with Gasteiger partial charge in [0.1, 0.15) is 5.82 Å². The van der Waals surface area contributed by atoms with Crippen molar-refractivity contribution in [2.45, 2.75) is 45.4 Å². The van der Waals surface area contributed by atoms with Crippen LogP contribution in [0.1, 0.15) is 55.8 Å². The van der Waals surface area contributed by atoms with Crippen LogP contribution in [0, 0.1) is 5.92 Å². The smallest absolute Gasteiger partial charge is 0.226 e. The van der Waals surface area contributed by atoms with Crippen LogP contribution in [0.3, 0.4) is 0 Å². The molecule has 2 N–H and O–H groups in total. The molecule has 6 heteroatoms. The van der Waals surface area contributed by atoms with Crippen molar-refractivity contribution in [1.82, 2.24) is 9.88 Å². The summed E-state index contributed by atoms with van der Waals surface area (Å²) in [5, 5.41) is 0.295. The molecule has 0 bridgehead atoms. The van der Waals surface area contributed by atoms with E-state index < -0.39 is 0 Å². The number of hydrogen-bond acceptors (Lipinski definition) is 5. The van der Waals surface area contributed by atoms with E-state index in [2.05, 4.69) is 16.8 Å². The quantitative estimate of drug-likeness (QED) is 0.720. The third kappa shape index (κ3) is 5.08. The number of rotatable bonds is 8. The number of unbranched alkanes of at least 4 members (excludes halogenated alkanes) is 1. The largest absolute Gasteiger partial charge is 0.480 e. The van der Waals surface area contributed by atoms with Gasteiger partial charge in [0.2, 0.25) is 5.88 Å². The maximum absolute atomic E-state index is 12.5. The predicted octanol–water partition coefficient (Wildman–Crippen LogP) is 3.80. The Hall–Kier alpha value is -1.33. The molecule has 1 aromatic heterocycles. The van der Waals surface area contributed by atoms with Gasteiger partial charge in [-0.25, -0.2) is 0 Å². The number of aromatic nitrogens is 1. The van der Waals surface area contributed by atoms with Crippen LogP contribution in [0.25, 0.3) is 0 Å². The molecule has 1 aliphatic rings. The number of hydrogen-bond donors (Lipinski definition) is 1. The second-order valence-electron chi connectivity index (χ2n) is 6.51. The van der Waals surface area contributed by atoms with E-state index >= 15 is 0 Å². The van der Waals surface area contributed by atoms with Gasteiger partial charge >= 0.3 is 0 Å². The first-order valence-electron chi connectivity index (χ1n) is 8.80. The number of methoxy groups -OCH3 is 1. The monoisotopic (exact) mass is 353 g/mol. The third-order valence-electron chi connectivity index (χ3n) is 4.78. The Morgan fingerprint density at radius 1 is 1.46 bits per heavy atom. The van der Waals surface area contributed by atoms with Gasteiger partial charge in [-0.05, 0) is 57.3 Å². The first-order chi connectivity index (χ1) is 11.5. The second kappa shape index (κ2) is 9.23. The standard InChI is InChI=1S/C18H28ClN3O2/c1-3-4-9-22-10-7-13(8-11-22)5-6-16(23)14-12-15(19)17(20)21-18(14)24-2/h12-13H,3-11H2,1-2H3,(H2,20,21). The molecule has 0 aromatic carbocycles. The lowest BCUT2D eigenvalue weighted by molar-refractivity contribution is 0.0958. The maximum Gasteiger partial charge on any atom is 0.226 e. The molecule has 2 rings (SSSR count). The van der Waals surface area contributed by atoms with Crippen LogP contribution < -0.4 is 10.5 Å². The molecule has 0 radical (unpaired) electrons. The number of likely N-dealkylation sites (tertiary alicyclic amines) is 1. The summed E-state index contributed by atoms with van der Waals surface area (Å²) in [5.74, 6) is 1.09. The summed E-state index contributed by atoms with van der Waals surface area (Å²) in [7, 11) is 1.48. The fourth-order valence-corrected chi connectivity index (χ4v) is 3.34. The Bertz CT molecular complexity index is 557. The highest BCUT2D eigenvalue weighted by Gasteiger charge is 2.21. The zero-order valence-electron chi connectivity index (χ0n) is 14.7. The number of nitrogens with zero attached hydrogens (tertiary/aromatic N) is 2. The number of pyridine rings is 1. The first-order valence-corrected chi connectivity index (χ1v) is 9.18. The van der Waals surface area contributed by atoms with E-state index in [-0.39, 0.29) is 17.5 Å². The molecule has 0 spiro atoms. The highest BCUT2D eigenvalue weighted by Crippen LogP contribution is 2.28. The van der Waals surface area contributed by atoms with Crippen molar-refractivity contribution in [3.8, 4) is 5.88 Å². The van der Waals surface area contributed by atoms with E-state index in [1.165, 1.54) is 39.3 Å². The number of carbonyl (C=O) groups excluding carboxylic acids is 1. The Kier molecular flexibility index (Phi) is 7.31. The highest BCUT2D eigenvalue weighted by molar-refractivity contribution is 6.33. The van der Waals surface area contributed by atoms with Gasteiger partial charge in [-0.2, -0.15) is 4.98 Å². The lowest BCUT2D eigenvalue weighted by Gasteiger charge is -2.31. The van der Waals surface area contributed by atoms with E-state index in [1.807, 2.05) is 0 Å². The van der Waals surface area contributed by atoms with Gasteiger partial charge in [0.05, 0.1) is 17.7 Å². The van der Waals surface area contributed by atoms with E-state index in [9.17, 15) is 4.79 Å². The van der Waals surface area contributed by atoms with Gasteiger partial charge < -0.3 is 15.4 Å². The Labute approximate surface area is 149 Å². The second-order valence-corrected chi connectivity index (χ2v) is 6.92. The van der Waals surface area contributed by atoms with Crippen molar-refractivity contribution in [1.29, 1.82) is 0 Å². The Balaban J connectivity index is 1.85. The van der Waals surface area contributed by atoms with E-state index in [0.29, 0.717) is 22.9 Å². The summed E-state index contributed by atoms with van der Waals surface area (Å²) in [5.41, 5.74) is 6.09. The summed E-state index contributed by atoms with van der Waals surface area (Å²) in [4.78, 5) is 19.1. The van der Waals surface area contributed by atoms with Gasteiger partial charge in [0.25, 0.3) is 0 Å². The van der Waals surface area contributed by atoms with Crippen LogP contribution in [0.2, 0.25) is 5.02 Å². The number of halogens is 1. The normalized spacial score (nSPS) is 16.3. The minimum atomic E-state index is 0.0228. The number of carbonyl (C=O) groups is 1. The summed E-state index contributed by atoms with van der Waals surface area (Å²) in [6.07, 6.45) is 6.27. The Morgan fingerprint density at radius 2 is 2.17 bits per heavy atom. The molecule has 24 heavy (non-hydrogen) atoms. The molecule has 1 aliphatic heterocycles. The van der Waals surface area contributed by atoms with Crippen molar-refractivity contribution in [3.63, 3.8) is 0 Å². The number of piperidine rings is 1. The van der Waals surface area contributed by atoms with E-state index in [4.69, 9.17) is 22.1 Å². The lowest BCUT2D eigenvalue weighted by atomic mass is 9.90. The topological polar surface area (TPSA) is 68.5 Å². The number of nitrogens with two attached hydrogens (primary N) is 1. The van der Waals surface area contributed by atoms with Gasteiger partial charge in [-0.3, -0.25) is 4.79 Å². The number of ether oxygens (including phenoxy) is 1. The minimum Gasteiger partial charge on any atom is -0.480 e. The molecular formula is C18H28ClN3O2. The third-order valence-corrected chi connectivity index (χ3v) is 5.08. The van der Waals surface area contributed by atoms with Crippen LogP contribution in [-0.4, -0.2) is 42.4 Å². The zero-order chi connectivity index (χ0) is 17.5. The Morgan fingerprint density at radius 3 is 2.79 bits per heavy atom. The lowest BCUT2D eigenvalue weighted by Crippen LogP contribution is -2.34. The van der Waals surface area contributed by atoms with Gasteiger partial charge in [-0.1, -0.05) is 24.9 Å². The van der Waals surface area contributed by atoms with Crippen LogP contribution >= 0.6 is 11.6 Å². The van der Waals surface area contributed by atoms with Crippen LogP contribution in [0.15, 0.2) is 6.07 Å². The number of anilines is 1. The highest BCUT2D eigenvalue weighted by atomic mass is 35.5. The average Bonchev–Trinajstić information content (AvgIpc) is 2.60. The van der Waals surface area contributed by atoms with Gasteiger partial charge in [0, 0.05) is 6.42 Å². The molecule has 0 atom stereocenters. The predicted molar refractivity (Wildman–Crippen MR) is 97.8 cm³/mol. The van der Waals surface area contributed by atoms with E-state index in [0.717, 1.165) is 19.5 Å². The van der Waals surface area contributed by atoms with E-state index in [1.54, 1.807) is 6.07 Å².